The number of rotatable bonds is 5. The van der Waals surface area contributed by atoms with E-state index in [2.05, 4.69) is 30.5 Å². The number of carbonyl (C=O) groups excluding carboxylic acids is 1. The minimum absolute atomic E-state index is 0.284. The monoisotopic (exact) mass is 253 g/mol. The number of hydrogen-bond donors (Lipinski definition) is 2. The van der Waals surface area contributed by atoms with Crippen LogP contribution in [0, 0.1) is 0 Å². The third-order valence-electron chi connectivity index (χ3n) is 1.82. The SMILES string of the molecule is CCCNc1nnc(C(=O)Nc2ccon2)s1. The highest BCUT2D eigenvalue weighted by Crippen LogP contribution is 2.16. The van der Waals surface area contributed by atoms with E-state index in [-0.39, 0.29) is 10.9 Å². The lowest BCUT2D eigenvalue weighted by Gasteiger charge is -1.96. The number of nitrogens with zero attached hydrogens (tertiary/aromatic N) is 3. The Bertz CT molecular complexity index is 481. The molecule has 0 bridgehead atoms. The van der Waals surface area contributed by atoms with Crippen LogP contribution in [0.3, 0.4) is 0 Å². The summed E-state index contributed by atoms with van der Waals surface area (Å²) in [6, 6.07) is 1.55. The highest BCUT2D eigenvalue weighted by molar-refractivity contribution is 7.17. The lowest BCUT2D eigenvalue weighted by Crippen LogP contribution is -2.11. The Morgan fingerprint density at radius 3 is 3.12 bits per heavy atom. The molecule has 2 aromatic heterocycles. The zero-order chi connectivity index (χ0) is 12.1. The van der Waals surface area contributed by atoms with Gasteiger partial charge in [-0.2, -0.15) is 0 Å². The summed E-state index contributed by atoms with van der Waals surface area (Å²) in [5.74, 6) is 0.00853. The predicted molar refractivity (Wildman–Crippen MR) is 63.1 cm³/mol. The molecule has 0 saturated heterocycles. The number of carbonyl (C=O) groups is 1. The Morgan fingerprint density at radius 1 is 1.53 bits per heavy atom. The van der Waals surface area contributed by atoms with Crippen molar-refractivity contribution in [1.82, 2.24) is 15.4 Å². The second kappa shape index (κ2) is 5.39. The normalized spacial score (nSPS) is 10.2. The minimum Gasteiger partial charge on any atom is -0.363 e. The van der Waals surface area contributed by atoms with Gasteiger partial charge in [-0.15, -0.1) is 10.2 Å². The maximum atomic E-state index is 11.7. The van der Waals surface area contributed by atoms with Gasteiger partial charge < -0.3 is 15.2 Å². The van der Waals surface area contributed by atoms with Crippen LogP contribution in [0.5, 0.6) is 0 Å². The van der Waals surface area contributed by atoms with Gasteiger partial charge in [-0.25, -0.2) is 0 Å². The van der Waals surface area contributed by atoms with Crippen LogP contribution in [0.1, 0.15) is 23.1 Å². The molecule has 2 rings (SSSR count). The maximum Gasteiger partial charge on any atom is 0.287 e. The Morgan fingerprint density at radius 2 is 2.41 bits per heavy atom. The smallest absolute Gasteiger partial charge is 0.287 e. The summed E-state index contributed by atoms with van der Waals surface area (Å²) in [6.45, 7) is 2.85. The molecule has 0 aliphatic carbocycles. The molecular weight excluding hydrogens is 242 g/mol. The van der Waals surface area contributed by atoms with E-state index >= 15 is 0 Å². The van der Waals surface area contributed by atoms with Crippen molar-refractivity contribution in [2.45, 2.75) is 13.3 Å². The summed E-state index contributed by atoms with van der Waals surface area (Å²) in [6.07, 6.45) is 2.37. The standard InChI is InChI=1S/C9H11N5O2S/c1-2-4-10-9-13-12-8(17-9)7(15)11-6-3-5-16-14-6/h3,5H,2,4H2,1H3,(H,10,13)(H,11,14,15). The van der Waals surface area contributed by atoms with Crippen LogP contribution >= 0.6 is 11.3 Å². The molecule has 2 aromatic rings. The average molecular weight is 253 g/mol. The van der Waals surface area contributed by atoms with Crippen LogP contribution < -0.4 is 10.6 Å². The van der Waals surface area contributed by atoms with Gasteiger partial charge in [0.2, 0.25) is 10.1 Å². The van der Waals surface area contributed by atoms with Gasteiger partial charge in [0.1, 0.15) is 6.26 Å². The molecule has 7 nitrogen and oxygen atoms in total. The third-order valence-corrected chi connectivity index (χ3v) is 2.70. The number of anilines is 2. The largest absolute Gasteiger partial charge is 0.363 e. The first-order chi connectivity index (χ1) is 8.29. The first-order valence-electron chi connectivity index (χ1n) is 5.08. The number of hydrogen-bond acceptors (Lipinski definition) is 7. The third kappa shape index (κ3) is 3.00. The molecule has 0 unspecified atom stereocenters. The zero-order valence-electron chi connectivity index (χ0n) is 9.14. The molecule has 0 radical (unpaired) electrons. The fourth-order valence-corrected chi connectivity index (χ4v) is 1.73. The van der Waals surface area contributed by atoms with Crippen molar-refractivity contribution in [2.75, 3.05) is 17.2 Å². The fourth-order valence-electron chi connectivity index (χ4n) is 1.07. The second-order valence-electron chi connectivity index (χ2n) is 3.18. The van der Waals surface area contributed by atoms with Gasteiger partial charge in [-0.1, -0.05) is 23.4 Å². The fraction of sp³-hybridized carbons (Fsp3) is 0.333. The van der Waals surface area contributed by atoms with Crippen molar-refractivity contribution in [1.29, 1.82) is 0 Å². The van der Waals surface area contributed by atoms with E-state index in [1.165, 1.54) is 17.6 Å². The molecule has 17 heavy (non-hydrogen) atoms. The maximum absolute atomic E-state index is 11.7. The van der Waals surface area contributed by atoms with E-state index < -0.39 is 0 Å². The van der Waals surface area contributed by atoms with Crippen LogP contribution in [-0.4, -0.2) is 27.8 Å². The Hall–Kier alpha value is -1.96. The summed E-state index contributed by atoms with van der Waals surface area (Å²) >= 11 is 1.20. The predicted octanol–water partition coefficient (Wildman–Crippen LogP) is 1.60. The highest BCUT2D eigenvalue weighted by Gasteiger charge is 2.13. The summed E-state index contributed by atoms with van der Waals surface area (Å²) in [4.78, 5) is 11.7. The number of amides is 1. The summed E-state index contributed by atoms with van der Waals surface area (Å²) in [5, 5.41) is 17.7. The first-order valence-corrected chi connectivity index (χ1v) is 5.90. The van der Waals surface area contributed by atoms with Crippen molar-refractivity contribution < 1.29 is 9.32 Å². The molecule has 90 valence electrons. The Balaban J connectivity index is 1.97. The highest BCUT2D eigenvalue weighted by atomic mass is 32.1. The Kier molecular flexibility index (Phi) is 3.66. The summed E-state index contributed by atoms with van der Waals surface area (Å²) in [7, 11) is 0. The van der Waals surface area contributed by atoms with E-state index in [9.17, 15) is 4.79 Å². The molecule has 1 amide bonds. The Labute approximate surface area is 101 Å². The van der Waals surface area contributed by atoms with Gasteiger partial charge in [0.05, 0.1) is 0 Å². The van der Waals surface area contributed by atoms with Crippen molar-refractivity contribution in [3.8, 4) is 0 Å². The molecule has 0 saturated carbocycles. The van der Waals surface area contributed by atoms with Crippen molar-refractivity contribution in [2.24, 2.45) is 0 Å². The molecule has 0 fully saturated rings. The molecule has 2 heterocycles. The summed E-state index contributed by atoms with van der Waals surface area (Å²) in [5.41, 5.74) is 0. The van der Waals surface area contributed by atoms with Gasteiger partial charge in [-0.05, 0) is 6.42 Å². The van der Waals surface area contributed by atoms with Crippen molar-refractivity contribution in [3.63, 3.8) is 0 Å². The molecule has 0 aromatic carbocycles. The van der Waals surface area contributed by atoms with Crippen LogP contribution in [0.4, 0.5) is 10.9 Å². The molecule has 0 spiro atoms. The van der Waals surface area contributed by atoms with Gasteiger partial charge >= 0.3 is 0 Å². The molecule has 0 aliphatic heterocycles. The zero-order valence-corrected chi connectivity index (χ0v) is 9.95. The number of aromatic nitrogens is 3. The molecule has 0 aliphatic rings. The molecular formula is C9H11N5O2S. The lowest BCUT2D eigenvalue weighted by molar-refractivity contribution is 0.102. The molecule has 2 N–H and O–H groups in total. The van der Waals surface area contributed by atoms with E-state index in [0.717, 1.165) is 13.0 Å². The van der Waals surface area contributed by atoms with Gasteiger partial charge in [0.15, 0.2) is 5.82 Å². The van der Waals surface area contributed by atoms with Gasteiger partial charge in [0, 0.05) is 12.6 Å². The van der Waals surface area contributed by atoms with E-state index in [1.807, 2.05) is 6.92 Å². The van der Waals surface area contributed by atoms with E-state index in [0.29, 0.717) is 10.9 Å². The molecule has 8 heteroatoms. The van der Waals surface area contributed by atoms with Crippen LogP contribution in [0.15, 0.2) is 16.9 Å². The van der Waals surface area contributed by atoms with Crippen LogP contribution in [-0.2, 0) is 0 Å². The van der Waals surface area contributed by atoms with Crippen LogP contribution in [0.25, 0.3) is 0 Å². The second-order valence-corrected chi connectivity index (χ2v) is 4.16. The van der Waals surface area contributed by atoms with Gasteiger partial charge in [-0.3, -0.25) is 4.79 Å². The minimum atomic E-state index is -0.346. The van der Waals surface area contributed by atoms with Gasteiger partial charge in [0.25, 0.3) is 5.91 Å². The number of nitrogens with one attached hydrogen (secondary N) is 2. The first kappa shape index (κ1) is 11.5. The van der Waals surface area contributed by atoms with Crippen molar-refractivity contribution in [3.05, 3.63) is 17.3 Å². The lowest BCUT2D eigenvalue weighted by atomic mass is 10.5. The molecule has 0 atom stereocenters. The summed E-state index contributed by atoms with van der Waals surface area (Å²) < 4.78 is 4.60. The van der Waals surface area contributed by atoms with E-state index in [4.69, 9.17) is 0 Å². The van der Waals surface area contributed by atoms with E-state index in [1.54, 1.807) is 6.07 Å². The average Bonchev–Trinajstić information content (AvgIpc) is 2.96. The van der Waals surface area contributed by atoms with Crippen LogP contribution in [0.2, 0.25) is 0 Å². The van der Waals surface area contributed by atoms with Crippen molar-refractivity contribution >= 4 is 28.2 Å². The quantitative estimate of drug-likeness (QED) is 0.840. The topological polar surface area (TPSA) is 92.9 Å².